The number of aromatic nitrogens is 1. The molecule has 0 radical (unpaired) electrons. The van der Waals surface area contributed by atoms with Crippen molar-refractivity contribution in [2.45, 2.75) is 25.4 Å². The van der Waals surface area contributed by atoms with Gasteiger partial charge in [0.2, 0.25) is 0 Å². The van der Waals surface area contributed by atoms with Crippen LogP contribution < -0.4 is 5.32 Å². The van der Waals surface area contributed by atoms with Crippen LogP contribution in [0.2, 0.25) is 0 Å². The highest BCUT2D eigenvalue weighted by molar-refractivity contribution is 5.86. The molecule has 0 saturated carbocycles. The van der Waals surface area contributed by atoms with Crippen LogP contribution >= 0.6 is 0 Å². The molecule has 4 heteroatoms. The first-order chi connectivity index (χ1) is 8.16. The molecule has 0 saturated heterocycles. The van der Waals surface area contributed by atoms with Gasteiger partial charge in [-0.25, -0.2) is 0 Å². The first-order valence-electron chi connectivity index (χ1n) is 5.75. The van der Waals surface area contributed by atoms with Crippen LogP contribution in [0, 0.1) is 0 Å². The number of para-hydroxylation sites is 1. The van der Waals surface area contributed by atoms with Gasteiger partial charge in [-0.3, -0.25) is 10.1 Å². The number of fused-ring (bicyclic) bond motifs is 3. The Morgan fingerprint density at radius 3 is 2.94 bits per heavy atom. The Balaban J connectivity index is 2.16. The van der Waals surface area contributed by atoms with Gasteiger partial charge in [-0.2, -0.15) is 0 Å². The van der Waals surface area contributed by atoms with Crippen molar-refractivity contribution in [1.29, 1.82) is 0 Å². The summed E-state index contributed by atoms with van der Waals surface area (Å²) in [6, 6.07) is 7.59. The molecule has 0 unspecified atom stereocenters. The number of aliphatic carboxylic acids is 1. The molecule has 2 aromatic rings. The second kappa shape index (κ2) is 3.60. The third-order valence-corrected chi connectivity index (χ3v) is 3.44. The molecule has 0 amide bonds. The van der Waals surface area contributed by atoms with E-state index in [0.29, 0.717) is 6.42 Å². The predicted octanol–water partition coefficient (Wildman–Crippen LogP) is 1.83. The summed E-state index contributed by atoms with van der Waals surface area (Å²) in [6.07, 6.45) is 0.541. The van der Waals surface area contributed by atoms with Gasteiger partial charge in [-0.05, 0) is 18.6 Å². The van der Waals surface area contributed by atoms with Crippen LogP contribution in [-0.2, 0) is 11.2 Å². The summed E-state index contributed by atoms with van der Waals surface area (Å²) in [7, 11) is 0. The number of H-pyrrole nitrogens is 1. The van der Waals surface area contributed by atoms with Gasteiger partial charge in [0, 0.05) is 29.1 Å². The number of benzene rings is 1. The number of hydrogen-bond acceptors (Lipinski definition) is 2. The number of nitrogens with one attached hydrogen (secondary N) is 2. The molecule has 0 bridgehead atoms. The fourth-order valence-corrected chi connectivity index (χ4v) is 2.62. The quantitative estimate of drug-likeness (QED) is 0.700. The van der Waals surface area contributed by atoms with E-state index in [9.17, 15) is 4.79 Å². The summed E-state index contributed by atoms with van der Waals surface area (Å²) < 4.78 is 0. The van der Waals surface area contributed by atoms with E-state index in [1.165, 1.54) is 0 Å². The Bertz CT molecular complexity index is 588. The maximum absolute atomic E-state index is 11.1. The highest BCUT2D eigenvalue weighted by atomic mass is 16.4. The summed E-state index contributed by atoms with van der Waals surface area (Å²) in [5.41, 5.74) is 3.33. The van der Waals surface area contributed by atoms with Gasteiger partial charge in [0.25, 0.3) is 0 Å². The van der Waals surface area contributed by atoms with Crippen LogP contribution in [0.5, 0.6) is 0 Å². The number of hydrogen-bond donors (Lipinski definition) is 3. The summed E-state index contributed by atoms with van der Waals surface area (Å²) in [4.78, 5) is 14.5. The molecule has 17 heavy (non-hydrogen) atoms. The van der Waals surface area contributed by atoms with Gasteiger partial charge in [0.15, 0.2) is 0 Å². The third-order valence-electron chi connectivity index (χ3n) is 3.44. The monoisotopic (exact) mass is 230 g/mol. The average molecular weight is 230 g/mol. The molecular formula is C13H14N2O2. The van der Waals surface area contributed by atoms with Gasteiger partial charge < -0.3 is 10.1 Å². The summed E-state index contributed by atoms with van der Waals surface area (Å²) >= 11 is 0. The largest absolute Gasteiger partial charge is 0.480 e. The predicted molar refractivity (Wildman–Crippen MR) is 65.0 cm³/mol. The van der Waals surface area contributed by atoms with Crippen molar-refractivity contribution in [3.63, 3.8) is 0 Å². The van der Waals surface area contributed by atoms with Crippen LogP contribution in [0.15, 0.2) is 24.3 Å². The van der Waals surface area contributed by atoms with Crippen molar-refractivity contribution in [1.82, 2.24) is 10.3 Å². The minimum Gasteiger partial charge on any atom is -0.480 e. The Kier molecular flexibility index (Phi) is 2.19. The van der Waals surface area contributed by atoms with Crippen molar-refractivity contribution in [3.05, 3.63) is 35.5 Å². The topological polar surface area (TPSA) is 65.1 Å². The maximum atomic E-state index is 11.1. The van der Waals surface area contributed by atoms with E-state index in [1.807, 2.05) is 31.2 Å². The second-order valence-electron chi connectivity index (χ2n) is 4.55. The average Bonchev–Trinajstić information content (AvgIpc) is 2.68. The molecule has 4 nitrogen and oxygen atoms in total. The Morgan fingerprint density at radius 2 is 2.18 bits per heavy atom. The highest BCUT2D eigenvalue weighted by Gasteiger charge is 2.30. The van der Waals surface area contributed by atoms with Crippen LogP contribution in [0.3, 0.4) is 0 Å². The number of carbonyl (C=O) groups is 1. The van der Waals surface area contributed by atoms with Gasteiger partial charge in [-0.1, -0.05) is 18.2 Å². The lowest BCUT2D eigenvalue weighted by Crippen LogP contribution is -2.43. The number of rotatable bonds is 1. The fourth-order valence-electron chi connectivity index (χ4n) is 2.62. The fraction of sp³-hybridized carbons (Fsp3) is 0.308. The van der Waals surface area contributed by atoms with E-state index >= 15 is 0 Å². The third kappa shape index (κ3) is 1.52. The Hall–Kier alpha value is -1.81. The van der Waals surface area contributed by atoms with Crippen molar-refractivity contribution >= 4 is 16.9 Å². The molecular weight excluding hydrogens is 216 g/mol. The zero-order valence-electron chi connectivity index (χ0n) is 9.53. The lowest BCUT2D eigenvalue weighted by molar-refractivity contribution is -0.139. The molecule has 3 N–H and O–H groups in total. The number of aromatic amines is 1. The Morgan fingerprint density at radius 1 is 1.41 bits per heavy atom. The number of carboxylic acid groups (broad SMARTS) is 1. The van der Waals surface area contributed by atoms with Gasteiger partial charge >= 0.3 is 5.97 Å². The molecule has 1 aromatic carbocycles. The second-order valence-corrected chi connectivity index (χ2v) is 4.55. The summed E-state index contributed by atoms with van der Waals surface area (Å²) in [6.45, 7) is 1.99. The lowest BCUT2D eigenvalue weighted by Gasteiger charge is -2.26. The molecule has 1 aromatic heterocycles. The molecule has 1 aliphatic rings. The van der Waals surface area contributed by atoms with Crippen LogP contribution in [0.4, 0.5) is 0 Å². The van der Waals surface area contributed by atoms with Crippen molar-refractivity contribution in [2.75, 3.05) is 0 Å². The van der Waals surface area contributed by atoms with E-state index in [4.69, 9.17) is 5.11 Å². The van der Waals surface area contributed by atoms with E-state index in [2.05, 4.69) is 10.3 Å². The number of carboxylic acids is 1. The Labute approximate surface area is 98.6 Å². The van der Waals surface area contributed by atoms with Crippen molar-refractivity contribution in [2.24, 2.45) is 0 Å². The first kappa shape index (κ1) is 10.4. The van der Waals surface area contributed by atoms with Crippen molar-refractivity contribution in [3.8, 4) is 0 Å². The molecule has 0 spiro atoms. The van der Waals surface area contributed by atoms with Crippen LogP contribution in [-0.4, -0.2) is 22.1 Å². The molecule has 0 aliphatic carbocycles. The highest BCUT2D eigenvalue weighted by Crippen LogP contribution is 2.31. The molecule has 3 rings (SSSR count). The molecule has 1 aliphatic heterocycles. The SMILES string of the molecule is C[C@H]1N[C@H](C(=O)O)Cc2c1[nH]c1ccccc21. The molecule has 2 atom stereocenters. The first-order valence-corrected chi connectivity index (χ1v) is 5.75. The zero-order valence-corrected chi connectivity index (χ0v) is 9.53. The minimum atomic E-state index is -0.784. The molecule has 2 heterocycles. The van der Waals surface area contributed by atoms with Gasteiger partial charge in [-0.15, -0.1) is 0 Å². The van der Waals surface area contributed by atoms with Gasteiger partial charge in [0.05, 0.1) is 0 Å². The standard InChI is InChI=1S/C13H14N2O2/c1-7-12-9(6-11(14-7)13(16)17)8-4-2-3-5-10(8)15-12/h2-5,7,11,14-15H,6H2,1H3,(H,16,17)/t7-,11+/m1/s1. The van der Waals surface area contributed by atoms with Gasteiger partial charge in [0.1, 0.15) is 6.04 Å². The summed E-state index contributed by atoms with van der Waals surface area (Å²) in [5.74, 6) is -0.784. The normalized spacial score (nSPS) is 23.6. The van der Waals surface area contributed by atoms with E-state index < -0.39 is 12.0 Å². The smallest absolute Gasteiger partial charge is 0.321 e. The van der Waals surface area contributed by atoms with E-state index in [0.717, 1.165) is 22.2 Å². The lowest BCUT2D eigenvalue weighted by atomic mass is 9.95. The molecule has 88 valence electrons. The van der Waals surface area contributed by atoms with Crippen LogP contribution in [0.1, 0.15) is 24.2 Å². The molecule has 0 fully saturated rings. The van der Waals surface area contributed by atoms with Crippen molar-refractivity contribution < 1.29 is 9.90 Å². The van der Waals surface area contributed by atoms with Crippen LogP contribution in [0.25, 0.3) is 10.9 Å². The van der Waals surface area contributed by atoms with E-state index in [1.54, 1.807) is 0 Å². The summed E-state index contributed by atoms with van der Waals surface area (Å²) in [5, 5.41) is 13.4. The maximum Gasteiger partial charge on any atom is 0.321 e. The zero-order chi connectivity index (χ0) is 12.0. The minimum absolute atomic E-state index is 0.0484. The van der Waals surface area contributed by atoms with E-state index in [-0.39, 0.29) is 6.04 Å².